The molecule has 0 saturated carbocycles. The number of likely N-dealkylation sites (tertiary alicyclic amines) is 1. The standard InChI is InChI=1S/C19H19NOS/c21-19(20-12-6-1-7-13-20)18-14-8-2-4-10-16(14)22-17-11-5-3-9-15(17)18/h2-5,8-11,18H,1,6-7,12-13H2. The molecule has 22 heavy (non-hydrogen) atoms. The third-order valence-corrected chi connectivity index (χ3v) is 5.78. The average molecular weight is 309 g/mol. The van der Waals surface area contributed by atoms with Gasteiger partial charge in [-0.15, -0.1) is 0 Å². The van der Waals surface area contributed by atoms with Crippen LogP contribution in [0.3, 0.4) is 0 Å². The second-order valence-electron chi connectivity index (χ2n) is 6.00. The SMILES string of the molecule is O=C(C1c2ccccc2Sc2ccccc21)N1CCCCC1. The summed E-state index contributed by atoms with van der Waals surface area (Å²) in [6.45, 7) is 1.82. The van der Waals surface area contributed by atoms with Crippen LogP contribution in [0.25, 0.3) is 0 Å². The summed E-state index contributed by atoms with van der Waals surface area (Å²) in [4.78, 5) is 17.7. The molecule has 2 aromatic carbocycles. The molecule has 0 bridgehead atoms. The monoisotopic (exact) mass is 309 g/mol. The summed E-state index contributed by atoms with van der Waals surface area (Å²) >= 11 is 1.78. The van der Waals surface area contributed by atoms with E-state index in [9.17, 15) is 4.79 Å². The first-order valence-corrected chi connectivity index (χ1v) is 8.81. The molecule has 1 saturated heterocycles. The van der Waals surface area contributed by atoms with Crippen LogP contribution in [0.4, 0.5) is 0 Å². The molecular weight excluding hydrogens is 290 g/mol. The molecule has 2 aromatic rings. The molecule has 0 atom stereocenters. The maximum Gasteiger partial charge on any atom is 0.234 e. The molecule has 0 radical (unpaired) electrons. The molecule has 112 valence electrons. The van der Waals surface area contributed by atoms with E-state index in [-0.39, 0.29) is 11.8 Å². The molecule has 0 spiro atoms. The van der Waals surface area contributed by atoms with E-state index in [4.69, 9.17) is 0 Å². The van der Waals surface area contributed by atoms with Gasteiger partial charge >= 0.3 is 0 Å². The smallest absolute Gasteiger partial charge is 0.234 e. The number of benzene rings is 2. The van der Waals surface area contributed by atoms with Crippen molar-refractivity contribution >= 4 is 17.7 Å². The van der Waals surface area contributed by atoms with Crippen LogP contribution >= 0.6 is 11.8 Å². The first-order valence-electron chi connectivity index (χ1n) is 7.99. The van der Waals surface area contributed by atoms with Gasteiger partial charge in [0.2, 0.25) is 5.91 Å². The third-order valence-electron chi connectivity index (χ3n) is 4.59. The Morgan fingerprint density at radius 3 is 2.00 bits per heavy atom. The minimum atomic E-state index is -0.133. The highest BCUT2D eigenvalue weighted by atomic mass is 32.2. The number of rotatable bonds is 1. The van der Waals surface area contributed by atoms with E-state index in [0.29, 0.717) is 0 Å². The highest BCUT2D eigenvalue weighted by molar-refractivity contribution is 7.99. The van der Waals surface area contributed by atoms with Crippen molar-refractivity contribution in [1.82, 2.24) is 4.90 Å². The first-order chi connectivity index (χ1) is 10.8. The lowest BCUT2D eigenvalue weighted by atomic mass is 9.88. The minimum Gasteiger partial charge on any atom is -0.342 e. The number of amides is 1. The summed E-state index contributed by atoms with van der Waals surface area (Å²) in [6.07, 6.45) is 3.52. The lowest BCUT2D eigenvalue weighted by Crippen LogP contribution is -2.39. The number of nitrogens with zero attached hydrogens (tertiary/aromatic N) is 1. The van der Waals surface area contributed by atoms with E-state index in [1.165, 1.54) is 27.3 Å². The summed E-state index contributed by atoms with van der Waals surface area (Å²) < 4.78 is 0. The molecular formula is C19H19NOS. The maximum absolute atomic E-state index is 13.2. The quantitative estimate of drug-likeness (QED) is 0.783. The van der Waals surface area contributed by atoms with Crippen LogP contribution < -0.4 is 0 Å². The molecule has 2 aliphatic rings. The van der Waals surface area contributed by atoms with Gasteiger partial charge < -0.3 is 4.90 Å². The Morgan fingerprint density at radius 2 is 1.41 bits per heavy atom. The number of carbonyl (C=O) groups excluding carboxylic acids is 1. The number of fused-ring (bicyclic) bond motifs is 2. The van der Waals surface area contributed by atoms with Gasteiger partial charge in [0.25, 0.3) is 0 Å². The second-order valence-corrected chi connectivity index (χ2v) is 7.08. The van der Waals surface area contributed by atoms with Gasteiger partial charge in [-0.25, -0.2) is 0 Å². The molecule has 3 heteroatoms. The molecule has 2 heterocycles. The third kappa shape index (κ3) is 2.34. The largest absolute Gasteiger partial charge is 0.342 e. The van der Waals surface area contributed by atoms with Crippen LogP contribution in [0.1, 0.15) is 36.3 Å². The fourth-order valence-electron chi connectivity index (χ4n) is 3.47. The van der Waals surface area contributed by atoms with E-state index < -0.39 is 0 Å². The zero-order chi connectivity index (χ0) is 14.9. The van der Waals surface area contributed by atoms with Crippen molar-refractivity contribution in [3.05, 3.63) is 59.7 Å². The average Bonchev–Trinajstić information content (AvgIpc) is 2.60. The van der Waals surface area contributed by atoms with Gasteiger partial charge in [-0.1, -0.05) is 48.2 Å². The summed E-state index contributed by atoms with van der Waals surface area (Å²) in [7, 11) is 0. The van der Waals surface area contributed by atoms with Gasteiger partial charge in [-0.3, -0.25) is 4.79 Å². The zero-order valence-electron chi connectivity index (χ0n) is 12.5. The second kappa shape index (κ2) is 5.81. The Balaban J connectivity index is 1.78. The van der Waals surface area contributed by atoms with E-state index in [1.54, 1.807) is 11.8 Å². The minimum absolute atomic E-state index is 0.133. The molecule has 1 amide bonds. The topological polar surface area (TPSA) is 20.3 Å². The van der Waals surface area contributed by atoms with Crippen molar-refractivity contribution in [2.75, 3.05) is 13.1 Å². The van der Waals surface area contributed by atoms with E-state index in [0.717, 1.165) is 25.9 Å². The van der Waals surface area contributed by atoms with Gasteiger partial charge in [-0.2, -0.15) is 0 Å². The van der Waals surface area contributed by atoms with Gasteiger partial charge in [0.15, 0.2) is 0 Å². The number of carbonyl (C=O) groups is 1. The lowest BCUT2D eigenvalue weighted by Gasteiger charge is -2.34. The number of piperidine rings is 1. The highest BCUT2D eigenvalue weighted by Gasteiger charge is 2.34. The fourth-order valence-corrected chi connectivity index (χ4v) is 4.61. The summed E-state index contributed by atoms with van der Waals surface area (Å²) in [5, 5.41) is 0. The predicted octanol–water partition coefficient (Wildman–Crippen LogP) is 4.30. The van der Waals surface area contributed by atoms with Crippen LogP contribution in [0.5, 0.6) is 0 Å². The fraction of sp³-hybridized carbons (Fsp3) is 0.316. The Kier molecular flexibility index (Phi) is 3.67. The van der Waals surface area contributed by atoms with E-state index in [2.05, 4.69) is 41.3 Å². The molecule has 2 nitrogen and oxygen atoms in total. The van der Waals surface area contributed by atoms with Crippen LogP contribution in [-0.2, 0) is 4.79 Å². The highest BCUT2D eigenvalue weighted by Crippen LogP contribution is 2.46. The predicted molar refractivity (Wildman–Crippen MR) is 89.3 cm³/mol. The molecule has 2 aliphatic heterocycles. The van der Waals surface area contributed by atoms with Crippen molar-refractivity contribution in [3.8, 4) is 0 Å². The molecule has 0 aliphatic carbocycles. The maximum atomic E-state index is 13.2. The van der Waals surface area contributed by atoms with Crippen molar-refractivity contribution in [3.63, 3.8) is 0 Å². The summed E-state index contributed by atoms with van der Waals surface area (Å²) in [6, 6.07) is 16.7. The first kappa shape index (κ1) is 13.9. The van der Waals surface area contributed by atoms with E-state index in [1.807, 2.05) is 12.1 Å². The Morgan fingerprint density at radius 1 is 0.864 bits per heavy atom. The van der Waals surface area contributed by atoms with Gasteiger partial charge in [0.1, 0.15) is 0 Å². The Bertz CT molecular complexity index is 661. The van der Waals surface area contributed by atoms with Crippen LogP contribution in [0.15, 0.2) is 58.3 Å². The van der Waals surface area contributed by atoms with Crippen LogP contribution in [-0.4, -0.2) is 23.9 Å². The van der Waals surface area contributed by atoms with Gasteiger partial charge in [0, 0.05) is 22.9 Å². The van der Waals surface area contributed by atoms with Crippen LogP contribution in [0.2, 0.25) is 0 Å². The van der Waals surface area contributed by atoms with Crippen molar-refractivity contribution in [2.45, 2.75) is 35.0 Å². The Hall–Kier alpha value is -1.74. The molecule has 0 N–H and O–H groups in total. The van der Waals surface area contributed by atoms with E-state index >= 15 is 0 Å². The number of hydrogen-bond acceptors (Lipinski definition) is 2. The lowest BCUT2D eigenvalue weighted by molar-refractivity contribution is -0.132. The van der Waals surface area contributed by atoms with Crippen molar-refractivity contribution in [2.24, 2.45) is 0 Å². The normalized spacial score (nSPS) is 17.7. The summed E-state index contributed by atoms with van der Waals surface area (Å²) in [5.41, 5.74) is 2.34. The molecule has 1 fully saturated rings. The van der Waals surface area contributed by atoms with Gasteiger partial charge in [0.05, 0.1) is 5.92 Å². The Labute approximate surface area is 135 Å². The summed E-state index contributed by atoms with van der Waals surface area (Å²) in [5.74, 6) is 0.145. The number of hydrogen-bond donors (Lipinski definition) is 0. The van der Waals surface area contributed by atoms with Crippen molar-refractivity contribution < 1.29 is 4.79 Å². The van der Waals surface area contributed by atoms with Gasteiger partial charge in [-0.05, 0) is 42.5 Å². The molecule has 0 aromatic heterocycles. The zero-order valence-corrected chi connectivity index (χ0v) is 13.3. The molecule has 4 rings (SSSR count). The molecule has 0 unspecified atom stereocenters. The van der Waals surface area contributed by atoms with Crippen LogP contribution in [0, 0.1) is 0 Å². The van der Waals surface area contributed by atoms with Crippen molar-refractivity contribution in [1.29, 1.82) is 0 Å².